The molecule has 0 spiro atoms. The van der Waals surface area contributed by atoms with Crippen LogP contribution in [0.2, 0.25) is 0 Å². The molecular weight excluding hydrogens is 226 g/mol. The van der Waals surface area contributed by atoms with Gasteiger partial charge in [-0.2, -0.15) is 0 Å². The van der Waals surface area contributed by atoms with Gasteiger partial charge in [-0.1, -0.05) is 6.92 Å². The summed E-state index contributed by atoms with van der Waals surface area (Å²) in [6.07, 6.45) is 0.982. The molecule has 0 aliphatic carbocycles. The fourth-order valence-corrected chi connectivity index (χ4v) is 1.40. The molecule has 3 nitrogen and oxygen atoms in total. The first-order chi connectivity index (χ1) is 8.42. The lowest BCUT2D eigenvalue weighted by Crippen LogP contribution is -2.39. The van der Waals surface area contributed by atoms with Gasteiger partial charge in [-0.3, -0.25) is 4.79 Å². The molecule has 0 aliphatic heterocycles. The van der Waals surface area contributed by atoms with Gasteiger partial charge in [-0.05, 0) is 51.5 Å². The standard InChI is InChI=1S/C15H23NO2/c1-5-10-18-13-8-6-12(7-9-13)14(17)11-16-15(2,3)4/h6-9,16H,5,10-11H2,1-4H3. The Balaban J connectivity index is 2.54. The van der Waals surface area contributed by atoms with Gasteiger partial charge >= 0.3 is 0 Å². The number of nitrogens with one attached hydrogen (secondary N) is 1. The molecule has 0 unspecified atom stereocenters. The Hall–Kier alpha value is -1.35. The number of hydrogen-bond acceptors (Lipinski definition) is 3. The average Bonchev–Trinajstić information content (AvgIpc) is 2.33. The van der Waals surface area contributed by atoms with Crippen LogP contribution in [0.4, 0.5) is 0 Å². The Labute approximate surface area is 110 Å². The van der Waals surface area contributed by atoms with Crippen LogP contribution in [0.15, 0.2) is 24.3 Å². The minimum absolute atomic E-state index is 0.0418. The van der Waals surface area contributed by atoms with Gasteiger partial charge < -0.3 is 10.1 Å². The average molecular weight is 249 g/mol. The summed E-state index contributed by atoms with van der Waals surface area (Å²) in [5, 5.41) is 3.19. The van der Waals surface area contributed by atoms with Crippen LogP contribution < -0.4 is 10.1 Å². The van der Waals surface area contributed by atoms with Gasteiger partial charge in [-0.25, -0.2) is 0 Å². The minimum Gasteiger partial charge on any atom is -0.494 e. The van der Waals surface area contributed by atoms with Crippen molar-refractivity contribution in [3.63, 3.8) is 0 Å². The van der Waals surface area contributed by atoms with Crippen LogP contribution in [0.3, 0.4) is 0 Å². The summed E-state index contributed by atoms with van der Waals surface area (Å²) < 4.78 is 5.48. The van der Waals surface area contributed by atoms with E-state index in [0.717, 1.165) is 17.7 Å². The largest absolute Gasteiger partial charge is 0.494 e. The van der Waals surface area contributed by atoms with Crippen molar-refractivity contribution >= 4 is 5.78 Å². The molecule has 1 rings (SSSR count). The third-order valence-corrected chi connectivity index (χ3v) is 2.43. The molecule has 0 aromatic heterocycles. The molecule has 0 fully saturated rings. The van der Waals surface area contributed by atoms with Crippen molar-refractivity contribution in [1.29, 1.82) is 0 Å². The lowest BCUT2D eigenvalue weighted by molar-refractivity contribution is 0.0982. The van der Waals surface area contributed by atoms with E-state index >= 15 is 0 Å². The molecule has 0 saturated carbocycles. The Morgan fingerprint density at radius 1 is 1.22 bits per heavy atom. The molecule has 1 N–H and O–H groups in total. The van der Waals surface area contributed by atoms with Crippen molar-refractivity contribution in [2.24, 2.45) is 0 Å². The molecule has 100 valence electrons. The minimum atomic E-state index is -0.0418. The molecule has 0 radical (unpaired) electrons. The fraction of sp³-hybridized carbons (Fsp3) is 0.533. The van der Waals surface area contributed by atoms with Crippen molar-refractivity contribution in [2.75, 3.05) is 13.2 Å². The number of carbonyl (C=O) groups excluding carboxylic acids is 1. The zero-order valence-corrected chi connectivity index (χ0v) is 11.7. The first kappa shape index (κ1) is 14.7. The number of ketones is 1. The number of benzene rings is 1. The summed E-state index contributed by atoms with van der Waals surface area (Å²) in [6.45, 7) is 9.26. The molecule has 1 aromatic carbocycles. The maximum Gasteiger partial charge on any atom is 0.176 e. The fourth-order valence-electron chi connectivity index (χ4n) is 1.40. The van der Waals surface area contributed by atoms with Gasteiger partial charge in [0, 0.05) is 11.1 Å². The second-order valence-electron chi connectivity index (χ2n) is 5.40. The second kappa shape index (κ2) is 6.55. The van der Waals surface area contributed by atoms with Crippen LogP contribution in [0.25, 0.3) is 0 Å². The zero-order chi connectivity index (χ0) is 13.6. The molecule has 0 atom stereocenters. The highest BCUT2D eigenvalue weighted by atomic mass is 16.5. The summed E-state index contributed by atoms with van der Waals surface area (Å²) in [6, 6.07) is 7.33. The van der Waals surface area contributed by atoms with E-state index in [1.807, 2.05) is 45.0 Å². The topological polar surface area (TPSA) is 38.3 Å². The molecule has 0 amide bonds. The third kappa shape index (κ3) is 5.32. The quantitative estimate of drug-likeness (QED) is 0.787. The monoisotopic (exact) mass is 249 g/mol. The van der Waals surface area contributed by atoms with Crippen molar-refractivity contribution in [3.8, 4) is 5.75 Å². The van der Waals surface area contributed by atoms with E-state index in [0.29, 0.717) is 13.2 Å². The first-order valence-corrected chi connectivity index (χ1v) is 6.43. The smallest absolute Gasteiger partial charge is 0.176 e. The van der Waals surface area contributed by atoms with Gasteiger partial charge in [0.05, 0.1) is 13.2 Å². The highest BCUT2D eigenvalue weighted by Gasteiger charge is 2.12. The SMILES string of the molecule is CCCOc1ccc(C(=O)CNC(C)(C)C)cc1. The van der Waals surface area contributed by atoms with Crippen LogP contribution in [0.5, 0.6) is 5.75 Å². The van der Waals surface area contributed by atoms with Crippen LogP contribution in [0, 0.1) is 0 Å². The normalized spacial score (nSPS) is 11.3. The van der Waals surface area contributed by atoms with Gasteiger partial charge in [0.25, 0.3) is 0 Å². The maximum atomic E-state index is 11.9. The number of rotatable bonds is 6. The summed E-state index contributed by atoms with van der Waals surface area (Å²) in [4.78, 5) is 11.9. The predicted octanol–water partition coefficient (Wildman–Crippen LogP) is 3.05. The maximum absolute atomic E-state index is 11.9. The molecule has 0 bridgehead atoms. The summed E-state index contributed by atoms with van der Waals surface area (Å²) in [5.74, 6) is 0.921. The predicted molar refractivity (Wildman–Crippen MR) is 74.3 cm³/mol. The van der Waals surface area contributed by atoms with E-state index in [-0.39, 0.29) is 11.3 Å². The lowest BCUT2D eigenvalue weighted by Gasteiger charge is -2.19. The van der Waals surface area contributed by atoms with Crippen LogP contribution >= 0.6 is 0 Å². The Bertz CT molecular complexity index is 376. The molecule has 0 saturated heterocycles. The molecule has 0 aliphatic rings. The molecule has 18 heavy (non-hydrogen) atoms. The van der Waals surface area contributed by atoms with E-state index in [1.54, 1.807) is 0 Å². The van der Waals surface area contributed by atoms with Crippen molar-refractivity contribution in [1.82, 2.24) is 5.32 Å². The van der Waals surface area contributed by atoms with E-state index in [4.69, 9.17) is 4.74 Å². The highest BCUT2D eigenvalue weighted by Crippen LogP contribution is 2.13. The summed E-state index contributed by atoms with van der Waals surface area (Å²) >= 11 is 0. The summed E-state index contributed by atoms with van der Waals surface area (Å²) in [5.41, 5.74) is 0.676. The number of ether oxygens (including phenoxy) is 1. The van der Waals surface area contributed by atoms with Gasteiger partial charge in [0.1, 0.15) is 5.75 Å². The second-order valence-corrected chi connectivity index (χ2v) is 5.40. The van der Waals surface area contributed by atoms with Gasteiger partial charge in [0.2, 0.25) is 0 Å². The van der Waals surface area contributed by atoms with E-state index in [2.05, 4.69) is 12.2 Å². The van der Waals surface area contributed by atoms with Crippen LogP contribution in [-0.4, -0.2) is 24.5 Å². The van der Waals surface area contributed by atoms with Crippen molar-refractivity contribution in [2.45, 2.75) is 39.7 Å². The lowest BCUT2D eigenvalue weighted by atomic mass is 10.1. The Kier molecular flexibility index (Phi) is 5.35. The van der Waals surface area contributed by atoms with Crippen LogP contribution in [-0.2, 0) is 0 Å². The van der Waals surface area contributed by atoms with E-state index < -0.39 is 0 Å². The zero-order valence-electron chi connectivity index (χ0n) is 11.7. The van der Waals surface area contributed by atoms with Crippen LogP contribution in [0.1, 0.15) is 44.5 Å². The summed E-state index contributed by atoms with van der Waals surface area (Å²) in [7, 11) is 0. The molecular formula is C15H23NO2. The number of Topliss-reactive ketones (excluding diaryl/α,β-unsaturated/α-hetero) is 1. The van der Waals surface area contributed by atoms with Crippen molar-refractivity contribution in [3.05, 3.63) is 29.8 Å². The van der Waals surface area contributed by atoms with E-state index in [1.165, 1.54) is 0 Å². The first-order valence-electron chi connectivity index (χ1n) is 6.43. The third-order valence-electron chi connectivity index (χ3n) is 2.43. The Morgan fingerprint density at radius 3 is 2.33 bits per heavy atom. The number of carbonyl (C=O) groups is 1. The van der Waals surface area contributed by atoms with Gasteiger partial charge in [0.15, 0.2) is 5.78 Å². The molecule has 0 heterocycles. The molecule has 3 heteroatoms. The van der Waals surface area contributed by atoms with Gasteiger partial charge in [-0.15, -0.1) is 0 Å². The highest BCUT2D eigenvalue weighted by molar-refractivity contribution is 5.97. The molecule has 1 aromatic rings. The number of hydrogen-bond donors (Lipinski definition) is 1. The Morgan fingerprint density at radius 2 is 1.83 bits per heavy atom. The van der Waals surface area contributed by atoms with E-state index in [9.17, 15) is 4.79 Å². The van der Waals surface area contributed by atoms with Crippen molar-refractivity contribution < 1.29 is 9.53 Å².